The number of nitrogens with zero attached hydrogens (tertiary/aromatic N) is 1. The van der Waals surface area contributed by atoms with Crippen molar-refractivity contribution in [3.05, 3.63) is 57.0 Å². The number of nitrogens with one attached hydrogen (secondary N) is 1. The normalized spacial score (nSPS) is 10.9. The first-order valence-corrected chi connectivity index (χ1v) is 7.67. The average molecular weight is 383 g/mol. The first kappa shape index (κ1) is 14.6. The Morgan fingerprint density at radius 1 is 1.05 bits per heavy atom. The number of halogens is 3. The predicted molar refractivity (Wildman–Crippen MR) is 92.7 cm³/mol. The summed E-state index contributed by atoms with van der Waals surface area (Å²) in [5.74, 6) is 5.63. The SMILES string of the molecule is NNc1cc(-c2ccccc2)nc2c(Cl)c(Cl)c(Br)cc12. The number of nitrogens with two attached hydrogens (primary N) is 1. The fraction of sp³-hybridized carbons (Fsp3) is 0. The maximum absolute atomic E-state index is 6.33. The first-order valence-electron chi connectivity index (χ1n) is 6.12. The highest BCUT2D eigenvalue weighted by Crippen LogP contribution is 2.39. The Kier molecular flexibility index (Phi) is 4.04. The van der Waals surface area contributed by atoms with Gasteiger partial charge in [0.15, 0.2) is 0 Å². The Morgan fingerprint density at radius 2 is 1.76 bits per heavy atom. The van der Waals surface area contributed by atoms with Gasteiger partial charge >= 0.3 is 0 Å². The summed E-state index contributed by atoms with van der Waals surface area (Å²) in [4.78, 5) is 4.62. The molecule has 0 saturated heterocycles. The Hall–Kier alpha value is -1.33. The second-order valence-corrected chi connectivity index (χ2v) is 6.06. The smallest absolute Gasteiger partial charge is 0.0933 e. The van der Waals surface area contributed by atoms with E-state index in [1.54, 1.807) is 0 Å². The summed E-state index contributed by atoms with van der Waals surface area (Å²) in [6.07, 6.45) is 0. The molecule has 106 valence electrons. The number of rotatable bonds is 2. The van der Waals surface area contributed by atoms with Crippen LogP contribution >= 0.6 is 39.1 Å². The van der Waals surface area contributed by atoms with Gasteiger partial charge in [0.2, 0.25) is 0 Å². The molecule has 3 nitrogen and oxygen atoms in total. The average Bonchev–Trinajstić information content (AvgIpc) is 2.53. The highest BCUT2D eigenvalue weighted by Gasteiger charge is 2.14. The summed E-state index contributed by atoms with van der Waals surface area (Å²) in [5, 5.41) is 1.64. The minimum absolute atomic E-state index is 0.398. The number of anilines is 1. The maximum Gasteiger partial charge on any atom is 0.0933 e. The fourth-order valence-corrected chi connectivity index (χ4v) is 3.07. The van der Waals surface area contributed by atoms with Gasteiger partial charge in [-0.25, -0.2) is 4.98 Å². The number of fused-ring (bicyclic) bond motifs is 1. The van der Waals surface area contributed by atoms with Gasteiger partial charge in [-0.15, -0.1) is 0 Å². The van der Waals surface area contributed by atoms with Gasteiger partial charge in [0.1, 0.15) is 0 Å². The molecule has 0 aliphatic rings. The first-order chi connectivity index (χ1) is 10.1. The summed E-state index contributed by atoms with van der Waals surface area (Å²) >= 11 is 15.9. The van der Waals surface area contributed by atoms with E-state index in [2.05, 4.69) is 26.3 Å². The van der Waals surface area contributed by atoms with Crippen LogP contribution in [0.25, 0.3) is 22.2 Å². The number of hydrogen-bond acceptors (Lipinski definition) is 3. The Morgan fingerprint density at radius 3 is 2.43 bits per heavy atom. The summed E-state index contributed by atoms with van der Waals surface area (Å²) in [7, 11) is 0. The van der Waals surface area contributed by atoms with E-state index in [9.17, 15) is 0 Å². The molecule has 0 atom stereocenters. The van der Waals surface area contributed by atoms with Gasteiger partial charge in [-0.2, -0.15) is 0 Å². The number of hydrogen-bond donors (Lipinski definition) is 2. The molecule has 1 heterocycles. The maximum atomic E-state index is 6.33. The van der Waals surface area contributed by atoms with Crippen LogP contribution in [-0.2, 0) is 0 Å². The van der Waals surface area contributed by atoms with E-state index in [-0.39, 0.29) is 0 Å². The molecule has 21 heavy (non-hydrogen) atoms. The molecule has 3 rings (SSSR count). The van der Waals surface area contributed by atoms with Crippen molar-refractivity contribution in [2.24, 2.45) is 5.84 Å². The van der Waals surface area contributed by atoms with Crippen molar-refractivity contribution in [3.63, 3.8) is 0 Å². The van der Waals surface area contributed by atoms with Crippen molar-refractivity contribution in [2.45, 2.75) is 0 Å². The van der Waals surface area contributed by atoms with Crippen LogP contribution in [0.2, 0.25) is 10.0 Å². The minimum Gasteiger partial charge on any atom is -0.323 e. The minimum atomic E-state index is 0.398. The Bertz CT molecular complexity index is 822. The molecule has 6 heteroatoms. The molecular weight excluding hydrogens is 373 g/mol. The van der Waals surface area contributed by atoms with Crippen LogP contribution in [0.5, 0.6) is 0 Å². The largest absolute Gasteiger partial charge is 0.323 e. The van der Waals surface area contributed by atoms with Crippen molar-refractivity contribution < 1.29 is 0 Å². The van der Waals surface area contributed by atoms with Crippen molar-refractivity contribution in [1.29, 1.82) is 0 Å². The molecule has 2 aromatic carbocycles. The zero-order chi connectivity index (χ0) is 15.0. The molecule has 0 radical (unpaired) electrons. The Labute approximate surface area is 140 Å². The molecule has 1 aromatic heterocycles. The van der Waals surface area contributed by atoms with Gasteiger partial charge in [0.05, 0.1) is 26.9 Å². The number of pyridine rings is 1. The lowest BCUT2D eigenvalue weighted by Crippen LogP contribution is -2.08. The zero-order valence-corrected chi connectivity index (χ0v) is 13.8. The Balaban J connectivity index is 2.36. The van der Waals surface area contributed by atoms with Crippen LogP contribution in [0.15, 0.2) is 46.9 Å². The van der Waals surface area contributed by atoms with Crippen molar-refractivity contribution in [3.8, 4) is 11.3 Å². The molecule has 0 aliphatic carbocycles. The van der Waals surface area contributed by atoms with Crippen LogP contribution in [0.4, 0.5) is 5.69 Å². The highest BCUT2D eigenvalue weighted by atomic mass is 79.9. The van der Waals surface area contributed by atoms with Gasteiger partial charge in [-0.1, -0.05) is 53.5 Å². The fourth-order valence-electron chi connectivity index (χ4n) is 2.14. The predicted octanol–water partition coefficient (Wildman–Crippen LogP) is 5.26. The standard InChI is InChI=1S/C15H10BrCl2N3/c16-10-6-9-12(21-19)7-11(8-4-2-1-3-5-8)20-15(9)14(18)13(10)17/h1-7H,19H2,(H,20,21). The highest BCUT2D eigenvalue weighted by molar-refractivity contribution is 9.10. The van der Waals surface area contributed by atoms with Crippen molar-refractivity contribution >= 4 is 55.7 Å². The third-order valence-corrected chi connectivity index (χ3v) is 4.88. The van der Waals surface area contributed by atoms with Crippen molar-refractivity contribution in [2.75, 3.05) is 5.43 Å². The molecule has 0 fully saturated rings. The molecule has 3 N–H and O–H groups in total. The quantitative estimate of drug-likeness (QED) is 0.361. The summed E-state index contributed by atoms with van der Waals surface area (Å²) in [6, 6.07) is 13.5. The van der Waals surface area contributed by atoms with E-state index in [1.165, 1.54) is 0 Å². The van der Waals surface area contributed by atoms with Crippen LogP contribution in [0.1, 0.15) is 0 Å². The lowest BCUT2D eigenvalue weighted by atomic mass is 10.1. The zero-order valence-electron chi connectivity index (χ0n) is 10.7. The molecule has 0 bridgehead atoms. The monoisotopic (exact) mass is 381 g/mol. The summed E-state index contributed by atoms with van der Waals surface area (Å²) in [5.41, 5.74) is 5.79. The summed E-state index contributed by atoms with van der Waals surface area (Å²) < 4.78 is 0.701. The molecule has 0 aliphatic heterocycles. The number of nitrogen functional groups attached to an aromatic ring is 1. The van der Waals surface area contributed by atoms with Gasteiger partial charge in [0, 0.05) is 15.4 Å². The lowest BCUT2D eigenvalue weighted by Gasteiger charge is -2.12. The molecule has 0 unspecified atom stereocenters. The number of hydrazine groups is 1. The molecule has 0 amide bonds. The van der Waals surface area contributed by atoms with E-state index < -0.39 is 0 Å². The second-order valence-electron chi connectivity index (χ2n) is 4.45. The van der Waals surface area contributed by atoms with Crippen LogP contribution in [0, 0.1) is 0 Å². The van der Waals surface area contributed by atoms with Gasteiger partial charge in [-0.05, 0) is 28.1 Å². The van der Waals surface area contributed by atoms with Gasteiger partial charge in [0.25, 0.3) is 0 Å². The van der Waals surface area contributed by atoms with Gasteiger partial charge in [-0.3, -0.25) is 5.84 Å². The van der Waals surface area contributed by atoms with E-state index in [4.69, 9.17) is 29.0 Å². The van der Waals surface area contributed by atoms with E-state index >= 15 is 0 Å². The van der Waals surface area contributed by atoms with E-state index in [0.29, 0.717) is 20.0 Å². The number of aromatic nitrogens is 1. The third kappa shape index (κ3) is 2.60. The second kappa shape index (κ2) is 5.81. The van der Waals surface area contributed by atoms with Crippen LogP contribution in [0.3, 0.4) is 0 Å². The third-order valence-electron chi connectivity index (χ3n) is 3.17. The topological polar surface area (TPSA) is 50.9 Å². The van der Waals surface area contributed by atoms with E-state index in [1.807, 2.05) is 42.5 Å². The lowest BCUT2D eigenvalue weighted by molar-refractivity contribution is 1.33. The van der Waals surface area contributed by atoms with E-state index in [0.717, 1.165) is 22.3 Å². The summed E-state index contributed by atoms with van der Waals surface area (Å²) in [6.45, 7) is 0. The molecule has 0 saturated carbocycles. The van der Waals surface area contributed by atoms with Crippen molar-refractivity contribution in [1.82, 2.24) is 4.98 Å². The molecular formula is C15H10BrCl2N3. The van der Waals surface area contributed by atoms with Crippen LogP contribution in [-0.4, -0.2) is 4.98 Å². The molecule has 0 spiro atoms. The van der Waals surface area contributed by atoms with Gasteiger partial charge < -0.3 is 5.43 Å². The number of benzene rings is 2. The van der Waals surface area contributed by atoms with Crippen LogP contribution < -0.4 is 11.3 Å². The molecule has 3 aromatic rings.